The molecule has 1 fully saturated rings. The third kappa shape index (κ3) is 10.4. The fourth-order valence-electron chi connectivity index (χ4n) is 4.50. The molecule has 3 atom stereocenters. The van der Waals surface area contributed by atoms with Crippen molar-refractivity contribution in [1.29, 1.82) is 0 Å². The Morgan fingerprint density at radius 2 is 1.31 bits per heavy atom. The van der Waals surface area contributed by atoms with Crippen LogP contribution in [0.15, 0.2) is 0 Å². The van der Waals surface area contributed by atoms with E-state index in [0.29, 0.717) is 19.3 Å². The zero-order valence-corrected chi connectivity index (χ0v) is 23.1. The standard InChI is InChI=1S/C27H46O9/c1-25(2,3)18-27(7,26(4,5)6)24(32)36-17-16-34-21(28)12-13-33-14-15-35-23(31)20-11-9-8-10-19(20)22(29)30/h19-20H,8-18H2,1-7H3,(H,29,30). The number of aliphatic carboxylic acids is 1. The fourth-order valence-corrected chi connectivity index (χ4v) is 4.50. The summed E-state index contributed by atoms with van der Waals surface area (Å²) in [6.45, 7) is 14.4. The van der Waals surface area contributed by atoms with Gasteiger partial charge in [-0.2, -0.15) is 0 Å². The van der Waals surface area contributed by atoms with Crippen molar-refractivity contribution in [3.8, 4) is 0 Å². The van der Waals surface area contributed by atoms with E-state index in [-0.39, 0.29) is 56.3 Å². The molecule has 3 unspecified atom stereocenters. The minimum atomic E-state index is -0.964. The number of rotatable bonds is 13. The van der Waals surface area contributed by atoms with Gasteiger partial charge in [-0.05, 0) is 37.0 Å². The quantitative estimate of drug-likeness (QED) is 0.216. The third-order valence-corrected chi connectivity index (χ3v) is 6.88. The van der Waals surface area contributed by atoms with E-state index in [9.17, 15) is 24.3 Å². The number of hydrogen-bond acceptors (Lipinski definition) is 8. The zero-order chi connectivity index (χ0) is 27.6. The summed E-state index contributed by atoms with van der Waals surface area (Å²) in [5, 5.41) is 9.26. The van der Waals surface area contributed by atoms with E-state index >= 15 is 0 Å². The van der Waals surface area contributed by atoms with E-state index in [2.05, 4.69) is 20.8 Å². The number of carboxylic acid groups (broad SMARTS) is 1. The maximum atomic E-state index is 12.9. The number of hydrogen-bond donors (Lipinski definition) is 1. The summed E-state index contributed by atoms with van der Waals surface area (Å²) < 4.78 is 21.0. The third-order valence-electron chi connectivity index (χ3n) is 6.88. The smallest absolute Gasteiger partial charge is 0.312 e. The maximum Gasteiger partial charge on any atom is 0.312 e. The van der Waals surface area contributed by atoms with Crippen LogP contribution in [0.25, 0.3) is 0 Å². The molecule has 1 aliphatic rings. The second-order valence-electron chi connectivity index (χ2n) is 12.0. The van der Waals surface area contributed by atoms with E-state index in [0.717, 1.165) is 12.8 Å². The summed E-state index contributed by atoms with van der Waals surface area (Å²) in [6, 6.07) is 0. The van der Waals surface area contributed by atoms with Gasteiger partial charge in [-0.25, -0.2) is 0 Å². The first-order valence-corrected chi connectivity index (χ1v) is 12.9. The predicted molar refractivity (Wildman–Crippen MR) is 133 cm³/mol. The largest absolute Gasteiger partial charge is 0.481 e. The molecule has 1 saturated carbocycles. The Bertz CT molecular complexity index is 747. The van der Waals surface area contributed by atoms with Crippen LogP contribution in [0.3, 0.4) is 0 Å². The normalized spacial score (nSPS) is 20.2. The van der Waals surface area contributed by atoms with E-state index in [1.54, 1.807) is 0 Å². The first kappa shape index (κ1) is 31.9. The maximum absolute atomic E-state index is 12.9. The second kappa shape index (κ2) is 14.0. The van der Waals surface area contributed by atoms with Gasteiger partial charge < -0.3 is 24.1 Å². The van der Waals surface area contributed by atoms with Crippen molar-refractivity contribution in [2.24, 2.45) is 28.1 Å². The summed E-state index contributed by atoms with van der Waals surface area (Å²) in [4.78, 5) is 48.2. The Labute approximate surface area is 215 Å². The Kier molecular flexibility index (Phi) is 12.4. The van der Waals surface area contributed by atoms with Crippen LogP contribution in [0, 0.1) is 28.1 Å². The monoisotopic (exact) mass is 514 g/mol. The van der Waals surface area contributed by atoms with Gasteiger partial charge in [0, 0.05) is 0 Å². The van der Waals surface area contributed by atoms with Gasteiger partial charge in [-0.3, -0.25) is 19.2 Å². The summed E-state index contributed by atoms with van der Waals surface area (Å²) in [6.07, 6.45) is 3.29. The molecule has 36 heavy (non-hydrogen) atoms. The van der Waals surface area contributed by atoms with Crippen LogP contribution in [-0.4, -0.2) is 62.0 Å². The average molecular weight is 515 g/mol. The van der Waals surface area contributed by atoms with Gasteiger partial charge in [0.15, 0.2) is 0 Å². The van der Waals surface area contributed by atoms with E-state index < -0.39 is 35.2 Å². The van der Waals surface area contributed by atoms with E-state index in [1.165, 1.54) is 0 Å². The molecule has 0 heterocycles. The van der Waals surface area contributed by atoms with Crippen molar-refractivity contribution in [2.75, 3.05) is 33.0 Å². The molecule has 0 radical (unpaired) electrons. The molecule has 0 aliphatic heterocycles. The molecule has 0 aromatic carbocycles. The SMILES string of the molecule is CC(C)(C)CC(C)(C(=O)OCCOC(=O)CCOCCOC(=O)C1CCCCC1C(=O)O)C(C)(C)C. The summed E-state index contributed by atoms with van der Waals surface area (Å²) in [5.41, 5.74) is -1.03. The molecule has 9 heteroatoms. The number of carbonyl (C=O) groups is 4. The van der Waals surface area contributed by atoms with Gasteiger partial charge in [0.25, 0.3) is 0 Å². The van der Waals surface area contributed by atoms with Crippen LogP contribution in [0.5, 0.6) is 0 Å². The predicted octanol–water partition coefficient (Wildman–Crippen LogP) is 4.40. The number of carboxylic acids is 1. The highest BCUT2D eigenvalue weighted by atomic mass is 16.6. The van der Waals surface area contributed by atoms with Crippen molar-refractivity contribution in [2.45, 2.75) is 87.0 Å². The summed E-state index contributed by atoms with van der Waals surface area (Å²) in [5.74, 6) is -3.57. The highest BCUT2D eigenvalue weighted by molar-refractivity contribution is 5.81. The molecule has 0 aromatic heterocycles. The van der Waals surface area contributed by atoms with Gasteiger partial charge >= 0.3 is 23.9 Å². The number of carbonyl (C=O) groups excluding carboxylic acids is 3. The number of ether oxygens (including phenoxy) is 4. The topological polar surface area (TPSA) is 125 Å². The molecule has 0 amide bonds. The van der Waals surface area contributed by atoms with Crippen LogP contribution < -0.4 is 0 Å². The van der Waals surface area contributed by atoms with Crippen molar-refractivity contribution in [1.82, 2.24) is 0 Å². The fraction of sp³-hybridized carbons (Fsp3) is 0.852. The van der Waals surface area contributed by atoms with Crippen LogP contribution in [0.2, 0.25) is 0 Å². The van der Waals surface area contributed by atoms with Gasteiger partial charge in [-0.15, -0.1) is 0 Å². The molecule has 0 saturated heterocycles. The van der Waals surface area contributed by atoms with E-state index in [1.807, 2.05) is 27.7 Å². The summed E-state index contributed by atoms with van der Waals surface area (Å²) >= 11 is 0. The average Bonchev–Trinajstić information content (AvgIpc) is 2.76. The van der Waals surface area contributed by atoms with Crippen LogP contribution in [0.1, 0.15) is 87.0 Å². The van der Waals surface area contributed by atoms with Crippen molar-refractivity contribution in [3.05, 3.63) is 0 Å². The molecule has 1 N–H and O–H groups in total. The zero-order valence-electron chi connectivity index (χ0n) is 23.1. The molecule has 1 aliphatic carbocycles. The van der Waals surface area contributed by atoms with Crippen molar-refractivity contribution >= 4 is 23.9 Å². The highest BCUT2D eigenvalue weighted by Gasteiger charge is 2.47. The van der Waals surface area contributed by atoms with Crippen LogP contribution >= 0.6 is 0 Å². The lowest BCUT2D eigenvalue weighted by Gasteiger charge is -2.43. The van der Waals surface area contributed by atoms with Gasteiger partial charge in [0.1, 0.15) is 19.8 Å². The molecule has 208 valence electrons. The number of esters is 3. The first-order valence-electron chi connectivity index (χ1n) is 12.9. The Morgan fingerprint density at radius 3 is 1.86 bits per heavy atom. The molecule has 0 aromatic rings. The molecule has 1 rings (SSSR count). The molecule has 9 nitrogen and oxygen atoms in total. The second-order valence-corrected chi connectivity index (χ2v) is 12.0. The Morgan fingerprint density at radius 1 is 0.750 bits per heavy atom. The minimum absolute atomic E-state index is 0.00617. The summed E-state index contributed by atoms with van der Waals surface area (Å²) in [7, 11) is 0. The lowest BCUT2D eigenvalue weighted by atomic mass is 9.61. The molecular formula is C27H46O9. The van der Waals surface area contributed by atoms with Gasteiger partial charge in [0.2, 0.25) is 0 Å². The lowest BCUT2D eigenvalue weighted by molar-refractivity contribution is -0.168. The van der Waals surface area contributed by atoms with Crippen molar-refractivity contribution in [3.63, 3.8) is 0 Å². The van der Waals surface area contributed by atoms with Gasteiger partial charge in [0.05, 0.1) is 36.9 Å². The molecule has 0 spiro atoms. The van der Waals surface area contributed by atoms with Crippen LogP contribution in [-0.2, 0) is 38.1 Å². The Hall–Kier alpha value is -2.16. The highest BCUT2D eigenvalue weighted by Crippen LogP contribution is 2.47. The molecule has 0 bridgehead atoms. The van der Waals surface area contributed by atoms with Crippen LogP contribution in [0.4, 0.5) is 0 Å². The lowest BCUT2D eigenvalue weighted by Crippen LogP contribution is -2.44. The van der Waals surface area contributed by atoms with Gasteiger partial charge in [-0.1, -0.05) is 54.4 Å². The minimum Gasteiger partial charge on any atom is -0.481 e. The Balaban J connectivity index is 2.24. The van der Waals surface area contributed by atoms with E-state index in [4.69, 9.17) is 18.9 Å². The van der Waals surface area contributed by atoms with Crippen molar-refractivity contribution < 1.29 is 43.2 Å². The first-order chi connectivity index (χ1) is 16.6. The molecular weight excluding hydrogens is 468 g/mol.